The summed E-state index contributed by atoms with van der Waals surface area (Å²) in [6, 6.07) is 10.8. The van der Waals surface area contributed by atoms with Crippen molar-refractivity contribution < 1.29 is 0 Å². The van der Waals surface area contributed by atoms with E-state index in [-0.39, 0.29) is 0 Å². The molecule has 4 heteroatoms. The van der Waals surface area contributed by atoms with Crippen LogP contribution < -0.4 is 5.32 Å². The van der Waals surface area contributed by atoms with Crippen molar-refractivity contribution in [2.45, 2.75) is 32.4 Å². The molecule has 4 nitrogen and oxygen atoms in total. The Morgan fingerprint density at radius 1 is 1.00 bits per heavy atom. The van der Waals surface area contributed by atoms with Gasteiger partial charge >= 0.3 is 0 Å². The van der Waals surface area contributed by atoms with Gasteiger partial charge in [-0.05, 0) is 61.5 Å². The number of hydrogen-bond donors (Lipinski definition) is 1. The molecule has 2 aliphatic rings. The Morgan fingerprint density at radius 2 is 1.78 bits per heavy atom. The minimum atomic E-state index is 0.585. The van der Waals surface area contributed by atoms with Crippen molar-refractivity contribution >= 4 is 0 Å². The first kappa shape index (κ1) is 14.9. The quantitative estimate of drug-likeness (QED) is 0.942. The third-order valence-electron chi connectivity index (χ3n) is 5.59. The number of piperidine rings is 1. The first-order chi connectivity index (χ1) is 11.3. The largest absolute Gasteiger partial charge is 0.317 e. The number of rotatable bonds is 4. The fraction of sp³-hybridized carbons (Fsp3) is 0.526. The lowest BCUT2D eigenvalue weighted by molar-refractivity contribution is 0.194. The number of likely N-dealkylation sites (tertiary alicyclic amines) is 1. The van der Waals surface area contributed by atoms with Crippen LogP contribution in [0, 0.1) is 5.41 Å². The topological polar surface area (TPSA) is 33.1 Å². The van der Waals surface area contributed by atoms with E-state index in [0.717, 1.165) is 13.1 Å². The van der Waals surface area contributed by atoms with Crippen molar-refractivity contribution in [3.8, 4) is 0 Å². The predicted molar refractivity (Wildman–Crippen MR) is 92.2 cm³/mol. The predicted octanol–water partition coefficient (Wildman–Crippen LogP) is 2.51. The van der Waals surface area contributed by atoms with Crippen molar-refractivity contribution in [2.75, 3.05) is 26.2 Å². The van der Waals surface area contributed by atoms with Gasteiger partial charge in [0.15, 0.2) is 0 Å². The first-order valence-corrected chi connectivity index (χ1v) is 8.80. The summed E-state index contributed by atoms with van der Waals surface area (Å²) in [7, 11) is 0. The Labute approximate surface area is 138 Å². The number of benzene rings is 1. The second-order valence-electron chi connectivity index (χ2n) is 7.18. The van der Waals surface area contributed by atoms with E-state index in [0.29, 0.717) is 5.41 Å². The van der Waals surface area contributed by atoms with E-state index < -0.39 is 0 Å². The number of aromatic nitrogens is 2. The molecule has 23 heavy (non-hydrogen) atoms. The van der Waals surface area contributed by atoms with Crippen LogP contribution in [0.25, 0.3) is 0 Å². The highest BCUT2D eigenvalue weighted by molar-refractivity contribution is 5.27. The maximum atomic E-state index is 4.35. The molecule has 1 aromatic heterocycles. The van der Waals surface area contributed by atoms with Gasteiger partial charge in [0.25, 0.3) is 0 Å². The van der Waals surface area contributed by atoms with Gasteiger partial charge in [-0.2, -0.15) is 5.10 Å². The van der Waals surface area contributed by atoms with Crippen LogP contribution in [0.5, 0.6) is 0 Å². The summed E-state index contributed by atoms with van der Waals surface area (Å²) in [5.41, 5.74) is 3.43. The van der Waals surface area contributed by atoms with Crippen molar-refractivity contribution in [3.63, 3.8) is 0 Å². The van der Waals surface area contributed by atoms with Gasteiger partial charge in [0.05, 0.1) is 6.54 Å². The zero-order valence-corrected chi connectivity index (χ0v) is 13.7. The Hall–Kier alpha value is -1.65. The molecule has 1 aromatic carbocycles. The van der Waals surface area contributed by atoms with E-state index in [1.165, 1.54) is 56.6 Å². The van der Waals surface area contributed by atoms with Crippen LogP contribution in [0.1, 0.15) is 30.4 Å². The summed E-state index contributed by atoms with van der Waals surface area (Å²) in [6.45, 7) is 6.85. The van der Waals surface area contributed by atoms with Gasteiger partial charge in [-0.15, -0.1) is 0 Å². The fourth-order valence-electron chi connectivity index (χ4n) is 4.20. The smallest absolute Gasteiger partial charge is 0.0662 e. The number of nitrogens with zero attached hydrogens (tertiary/aromatic N) is 3. The number of hydrogen-bond acceptors (Lipinski definition) is 3. The average molecular weight is 310 g/mol. The molecular weight excluding hydrogens is 284 g/mol. The SMILES string of the molecule is c1ccc(Cn2cccn2)c(CN2CCC3(CCNCC3)C2)c1. The summed E-state index contributed by atoms with van der Waals surface area (Å²) < 4.78 is 2.01. The molecule has 2 fully saturated rings. The summed E-state index contributed by atoms with van der Waals surface area (Å²) in [5.74, 6) is 0. The first-order valence-electron chi connectivity index (χ1n) is 8.80. The Kier molecular flexibility index (Phi) is 4.19. The number of nitrogens with one attached hydrogen (secondary N) is 1. The lowest BCUT2D eigenvalue weighted by Crippen LogP contribution is -2.38. The van der Waals surface area contributed by atoms with Gasteiger partial charge in [0, 0.05) is 25.5 Å². The Morgan fingerprint density at radius 3 is 2.52 bits per heavy atom. The highest BCUT2D eigenvalue weighted by Crippen LogP contribution is 2.39. The molecule has 0 saturated carbocycles. The highest BCUT2D eigenvalue weighted by atomic mass is 15.3. The molecule has 1 spiro atoms. The molecule has 2 aromatic rings. The van der Waals surface area contributed by atoms with E-state index in [4.69, 9.17) is 0 Å². The van der Waals surface area contributed by atoms with Gasteiger partial charge in [0.2, 0.25) is 0 Å². The summed E-state index contributed by atoms with van der Waals surface area (Å²) in [5, 5.41) is 7.85. The second-order valence-corrected chi connectivity index (χ2v) is 7.18. The third kappa shape index (κ3) is 3.33. The van der Waals surface area contributed by atoms with Crippen LogP contribution >= 0.6 is 0 Å². The third-order valence-corrected chi connectivity index (χ3v) is 5.59. The van der Waals surface area contributed by atoms with Gasteiger partial charge in [-0.25, -0.2) is 0 Å². The monoisotopic (exact) mass is 310 g/mol. The van der Waals surface area contributed by atoms with Gasteiger partial charge < -0.3 is 5.32 Å². The van der Waals surface area contributed by atoms with Crippen molar-refractivity contribution in [1.29, 1.82) is 0 Å². The molecule has 122 valence electrons. The lowest BCUT2D eigenvalue weighted by Gasteiger charge is -2.34. The molecule has 0 aliphatic carbocycles. The molecule has 3 heterocycles. The molecule has 0 atom stereocenters. The highest BCUT2D eigenvalue weighted by Gasteiger charge is 2.38. The summed E-state index contributed by atoms with van der Waals surface area (Å²) in [4.78, 5) is 2.66. The zero-order valence-electron chi connectivity index (χ0n) is 13.7. The molecule has 2 aliphatic heterocycles. The van der Waals surface area contributed by atoms with Crippen molar-refractivity contribution in [1.82, 2.24) is 20.0 Å². The van der Waals surface area contributed by atoms with Crippen LogP contribution in [0.4, 0.5) is 0 Å². The normalized spacial score (nSPS) is 21.0. The van der Waals surface area contributed by atoms with Crippen LogP contribution in [-0.2, 0) is 13.1 Å². The standard InChI is InChI=1S/C19H26N4/c1-2-5-18(15-23-12-3-9-21-23)17(4-1)14-22-13-8-19(16-22)6-10-20-11-7-19/h1-5,9,12,20H,6-8,10-11,13-16H2. The fourth-order valence-corrected chi connectivity index (χ4v) is 4.20. The van der Waals surface area contributed by atoms with Gasteiger partial charge in [0.1, 0.15) is 0 Å². The van der Waals surface area contributed by atoms with Gasteiger partial charge in [-0.3, -0.25) is 9.58 Å². The zero-order chi connectivity index (χ0) is 15.5. The van der Waals surface area contributed by atoms with Crippen molar-refractivity contribution in [3.05, 3.63) is 53.9 Å². The van der Waals surface area contributed by atoms with E-state index in [9.17, 15) is 0 Å². The molecular formula is C19H26N4. The molecule has 2 saturated heterocycles. The molecule has 0 bridgehead atoms. The lowest BCUT2D eigenvalue weighted by atomic mass is 9.78. The molecule has 0 radical (unpaired) electrons. The minimum absolute atomic E-state index is 0.585. The second kappa shape index (κ2) is 6.46. The van der Waals surface area contributed by atoms with Gasteiger partial charge in [-0.1, -0.05) is 24.3 Å². The van der Waals surface area contributed by atoms with Crippen molar-refractivity contribution in [2.24, 2.45) is 5.41 Å². The van der Waals surface area contributed by atoms with E-state index in [1.807, 2.05) is 23.1 Å². The minimum Gasteiger partial charge on any atom is -0.317 e. The summed E-state index contributed by atoms with van der Waals surface area (Å²) in [6.07, 6.45) is 7.95. The molecule has 0 amide bonds. The molecule has 0 unspecified atom stereocenters. The van der Waals surface area contributed by atoms with E-state index in [1.54, 1.807) is 0 Å². The van der Waals surface area contributed by atoms with Crippen LogP contribution in [0.15, 0.2) is 42.7 Å². The maximum Gasteiger partial charge on any atom is 0.0662 e. The van der Waals surface area contributed by atoms with Crippen LogP contribution in [0.3, 0.4) is 0 Å². The maximum absolute atomic E-state index is 4.35. The molecule has 1 N–H and O–H groups in total. The summed E-state index contributed by atoms with van der Waals surface area (Å²) >= 11 is 0. The Balaban J connectivity index is 1.45. The van der Waals surface area contributed by atoms with E-state index >= 15 is 0 Å². The Bertz CT molecular complexity index is 629. The van der Waals surface area contributed by atoms with Crippen LogP contribution in [-0.4, -0.2) is 40.9 Å². The average Bonchev–Trinajstić information content (AvgIpc) is 3.21. The van der Waals surface area contributed by atoms with Crippen LogP contribution in [0.2, 0.25) is 0 Å². The molecule has 4 rings (SSSR count). The van der Waals surface area contributed by atoms with E-state index in [2.05, 4.69) is 39.6 Å².